The Hall–Kier alpha value is -1.55. The van der Waals surface area contributed by atoms with Crippen molar-refractivity contribution < 1.29 is 9.53 Å². The van der Waals surface area contributed by atoms with Crippen LogP contribution in [0.3, 0.4) is 0 Å². The first-order chi connectivity index (χ1) is 9.15. The number of nitrogens with one attached hydrogen (secondary N) is 1. The molecule has 1 heterocycles. The van der Waals surface area contributed by atoms with Gasteiger partial charge in [-0.1, -0.05) is 17.7 Å². The van der Waals surface area contributed by atoms with Crippen LogP contribution < -0.4 is 10.1 Å². The van der Waals surface area contributed by atoms with Crippen LogP contribution in [0.4, 0.5) is 0 Å². The van der Waals surface area contributed by atoms with Gasteiger partial charge in [0.1, 0.15) is 11.9 Å². The Kier molecular flexibility index (Phi) is 4.80. The van der Waals surface area contributed by atoms with Crippen LogP contribution in [0.15, 0.2) is 24.3 Å². The third kappa shape index (κ3) is 4.24. The Labute approximate surface area is 114 Å². The number of carbonyl (C=O) groups excluding carboxylic acids is 1. The lowest BCUT2D eigenvalue weighted by atomic mass is 10.2. The number of aryl methyl sites for hydroxylation is 1. The molecule has 1 unspecified atom stereocenters. The molecule has 4 heteroatoms. The van der Waals surface area contributed by atoms with E-state index in [-0.39, 0.29) is 12.0 Å². The maximum atomic E-state index is 12.1. The number of hydrogen-bond donors (Lipinski definition) is 1. The predicted molar refractivity (Wildman–Crippen MR) is 75.3 cm³/mol. The number of amides is 1. The van der Waals surface area contributed by atoms with Crippen LogP contribution in [0.25, 0.3) is 0 Å². The zero-order valence-corrected chi connectivity index (χ0v) is 11.7. The molecule has 19 heavy (non-hydrogen) atoms. The lowest BCUT2D eigenvalue weighted by molar-refractivity contribution is -0.133. The van der Waals surface area contributed by atoms with Gasteiger partial charge in [0.2, 0.25) is 5.91 Å². The van der Waals surface area contributed by atoms with E-state index in [1.54, 1.807) is 0 Å². The minimum absolute atomic E-state index is 0.0925. The van der Waals surface area contributed by atoms with E-state index in [0.29, 0.717) is 6.42 Å². The third-order valence-electron chi connectivity index (χ3n) is 3.29. The molecule has 1 aliphatic heterocycles. The number of ether oxygens (including phenoxy) is 1. The molecule has 0 bridgehead atoms. The van der Waals surface area contributed by atoms with Crippen LogP contribution in [0, 0.1) is 6.92 Å². The lowest BCUT2D eigenvalue weighted by Crippen LogP contribution is -2.47. The van der Waals surface area contributed by atoms with Crippen molar-refractivity contribution in [2.45, 2.75) is 26.4 Å². The first-order valence-electron chi connectivity index (χ1n) is 6.87. The van der Waals surface area contributed by atoms with Crippen molar-refractivity contribution in [1.82, 2.24) is 10.2 Å². The van der Waals surface area contributed by atoms with Crippen molar-refractivity contribution in [2.24, 2.45) is 0 Å². The molecular weight excluding hydrogens is 240 g/mol. The van der Waals surface area contributed by atoms with Gasteiger partial charge in [-0.2, -0.15) is 0 Å². The van der Waals surface area contributed by atoms with Gasteiger partial charge in [-0.3, -0.25) is 4.79 Å². The van der Waals surface area contributed by atoms with E-state index >= 15 is 0 Å². The van der Waals surface area contributed by atoms with Crippen LogP contribution in [0.5, 0.6) is 5.75 Å². The second-order valence-corrected chi connectivity index (χ2v) is 5.08. The summed E-state index contributed by atoms with van der Waals surface area (Å²) in [5.74, 6) is 1.01. The summed E-state index contributed by atoms with van der Waals surface area (Å²) in [5, 5.41) is 3.24. The molecule has 0 aliphatic carbocycles. The Morgan fingerprint density at radius 3 is 2.58 bits per heavy atom. The molecule has 104 valence electrons. The van der Waals surface area contributed by atoms with E-state index in [1.807, 2.05) is 43.0 Å². The highest BCUT2D eigenvalue weighted by Crippen LogP contribution is 2.15. The molecule has 2 rings (SSSR count). The van der Waals surface area contributed by atoms with Gasteiger partial charge in [0.05, 0.1) is 6.42 Å². The summed E-state index contributed by atoms with van der Waals surface area (Å²) in [4.78, 5) is 14.0. The van der Waals surface area contributed by atoms with Crippen molar-refractivity contribution in [1.29, 1.82) is 0 Å². The molecule has 0 radical (unpaired) electrons. The van der Waals surface area contributed by atoms with Gasteiger partial charge in [0, 0.05) is 26.2 Å². The van der Waals surface area contributed by atoms with Gasteiger partial charge in [0.15, 0.2) is 0 Å². The molecule has 1 atom stereocenters. The number of carbonyl (C=O) groups is 1. The Balaban J connectivity index is 1.81. The quantitative estimate of drug-likeness (QED) is 0.896. The van der Waals surface area contributed by atoms with E-state index in [1.165, 1.54) is 5.56 Å². The topological polar surface area (TPSA) is 41.6 Å². The summed E-state index contributed by atoms with van der Waals surface area (Å²) in [6.07, 6.45) is 0.346. The van der Waals surface area contributed by atoms with Crippen molar-refractivity contribution in [3.8, 4) is 5.75 Å². The normalized spacial score (nSPS) is 17.1. The van der Waals surface area contributed by atoms with E-state index < -0.39 is 0 Å². The lowest BCUT2D eigenvalue weighted by Gasteiger charge is -2.28. The van der Waals surface area contributed by atoms with Gasteiger partial charge >= 0.3 is 0 Å². The second kappa shape index (κ2) is 6.57. The smallest absolute Gasteiger partial charge is 0.226 e. The summed E-state index contributed by atoms with van der Waals surface area (Å²) in [7, 11) is 0. The standard InChI is InChI=1S/C15H22N2O2/c1-12-3-5-14(6-4-12)19-13(2)11-15(18)17-9-7-16-8-10-17/h3-6,13,16H,7-11H2,1-2H3. The number of nitrogens with zero attached hydrogens (tertiary/aromatic N) is 1. The van der Waals surface area contributed by atoms with Crippen LogP contribution >= 0.6 is 0 Å². The zero-order valence-electron chi connectivity index (χ0n) is 11.7. The van der Waals surface area contributed by atoms with Gasteiger partial charge < -0.3 is 15.0 Å². The Bertz CT molecular complexity index is 411. The van der Waals surface area contributed by atoms with E-state index in [4.69, 9.17) is 4.74 Å². The number of piperazine rings is 1. The molecule has 4 nitrogen and oxygen atoms in total. The first kappa shape index (κ1) is 13.9. The van der Waals surface area contributed by atoms with Crippen molar-refractivity contribution in [2.75, 3.05) is 26.2 Å². The molecule has 1 amide bonds. The molecule has 0 aromatic heterocycles. The fourth-order valence-electron chi connectivity index (χ4n) is 2.18. The molecule has 0 saturated carbocycles. The van der Waals surface area contributed by atoms with E-state index in [9.17, 15) is 4.79 Å². The Morgan fingerprint density at radius 1 is 1.32 bits per heavy atom. The minimum atomic E-state index is -0.0925. The molecule has 1 aromatic rings. The highest BCUT2D eigenvalue weighted by molar-refractivity contribution is 5.76. The third-order valence-corrected chi connectivity index (χ3v) is 3.29. The highest BCUT2D eigenvalue weighted by atomic mass is 16.5. The summed E-state index contributed by atoms with van der Waals surface area (Å²) in [6.45, 7) is 7.37. The minimum Gasteiger partial charge on any atom is -0.490 e. The maximum absolute atomic E-state index is 12.1. The fraction of sp³-hybridized carbons (Fsp3) is 0.533. The summed E-state index contributed by atoms with van der Waals surface area (Å²) in [5.41, 5.74) is 1.21. The number of rotatable bonds is 4. The molecule has 1 aliphatic rings. The van der Waals surface area contributed by atoms with Crippen molar-refractivity contribution in [3.05, 3.63) is 29.8 Å². The molecule has 1 saturated heterocycles. The van der Waals surface area contributed by atoms with Gasteiger partial charge in [-0.15, -0.1) is 0 Å². The van der Waals surface area contributed by atoms with Gasteiger partial charge in [-0.05, 0) is 26.0 Å². The van der Waals surface area contributed by atoms with Crippen LogP contribution in [0.2, 0.25) is 0 Å². The van der Waals surface area contributed by atoms with Crippen molar-refractivity contribution in [3.63, 3.8) is 0 Å². The first-order valence-corrected chi connectivity index (χ1v) is 6.87. The monoisotopic (exact) mass is 262 g/mol. The molecule has 0 spiro atoms. The van der Waals surface area contributed by atoms with Gasteiger partial charge in [0.25, 0.3) is 0 Å². The van der Waals surface area contributed by atoms with Gasteiger partial charge in [-0.25, -0.2) is 0 Å². The predicted octanol–water partition coefficient (Wildman–Crippen LogP) is 1.58. The van der Waals surface area contributed by atoms with Crippen LogP contribution in [0.1, 0.15) is 18.9 Å². The highest BCUT2D eigenvalue weighted by Gasteiger charge is 2.19. The number of benzene rings is 1. The molecular formula is C15H22N2O2. The molecule has 1 aromatic carbocycles. The summed E-state index contributed by atoms with van der Waals surface area (Å²) in [6, 6.07) is 7.92. The van der Waals surface area contributed by atoms with E-state index in [2.05, 4.69) is 5.32 Å². The number of hydrogen-bond acceptors (Lipinski definition) is 3. The zero-order chi connectivity index (χ0) is 13.7. The van der Waals surface area contributed by atoms with Crippen molar-refractivity contribution >= 4 is 5.91 Å². The second-order valence-electron chi connectivity index (χ2n) is 5.08. The molecule has 1 fully saturated rings. The maximum Gasteiger partial charge on any atom is 0.226 e. The largest absolute Gasteiger partial charge is 0.490 e. The summed E-state index contributed by atoms with van der Waals surface area (Å²) < 4.78 is 5.77. The van der Waals surface area contributed by atoms with E-state index in [0.717, 1.165) is 31.9 Å². The van der Waals surface area contributed by atoms with Crippen LogP contribution in [-0.4, -0.2) is 43.1 Å². The summed E-state index contributed by atoms with van der Waals surface area (Å²) >= 11 is 0. The Morgan fingerprint density at radius 2 is 1.95 bits per heavy atom. The van der Waals surface area contributed by atoms with Crippen LogP contribution in [-0.2, 0) is 4.79 Å². The fourth-order valence-corrected chi connectivity index (χ4v) is 2.18. The SMILES string of the molecule is Cc1ccc(OC(C)CC(=O)N2CCNCC2)cc1. The average molecular weight is 262 g/mol. The average Bonchev–Trinajstić information content (AvgIpc) is 2.42. The molecule has 1 N–H and O–H groups in total.